The first-order valence-corrected chi connectivity index (χ1v) is 13.4. The fraction of sp³-hybridized carbons (Fsp3) is 0.400. The number of carbonyl (C=O) groups excluding carboxylic acids is 2. The Morgan fingerprint density at radius 1 is 1.15 bits per heavy atom. The van der Waals surface area contributed by atoms with Gasteiger partial charge >= 0.3 is 0 Å². The molecule has 2 N–H and O–H groups in total. The lowest BCUT2D eigenvalue weighted by atomic mass is 10.0. The summed E-state index contributed by atoms with van der Waals surface area (Å²) in [6.07, 6.45) is 4.84. The zero-order valence-electron chi connectivity index (χ0n) is 22.6. The number of hydrogen-bond acceptors (Lipinski definition) is 6. The molecule has 2 aromatic carbocycles. The van der Waals surface area contributed by atoms with Crippen LogP contribution in [0, 0.1) is 17.2 Å². The summed E-state index contributed by atoms with van der Waals surface area (Å²) in [6.45, 7) is 6.60. The van der Waals surface area contributed by atoms with Gasteiger partial charge in [0.25, 0.3) is 0 Å². The summed E-state index contributed by atoms with van der Waals surface area (Å²) in [5.74, 6) is 1.34. The smallest absolute Gasteiger partial charge is 0.242 e. The summed E-state index contributed by atoms with van der Waals surface area (Å²) in [7, 11) is 0. The van der Waals surface area contributed by atoms with Gasteiger partial charge in [0, 0.05) is 44.1 Å². The van der Waals surface area contributed by atoms with E-state index in [1.165, 1.54) is 0 Å². The largest absolute Gasteiger partial charge is 0.494 e. The van der Waals surface area contributed by atoms with Crippen molar-refractivity contribution >= 4 is 11.8 Å². The van der Waals surface area contributed by atoms with Crippen LogP contribution in [0.5, 0.6) is 5.75 Å². The monoisotopic (exact) mass is 528 g/mol. The molecule has 204 valence electrons. The number of nitriles is 1. The number of aromatic nitrogens is 2. The molecule has 0 radical (unpaired) electrons. The molecule has 39 heavy (non-hydrogen) atoms. The molecule has 1 aliphatic heterocycles. The Bertz CT molecular complexity index is 1310. The number of benzene rings is 2. The van der Waals surface area contributed by atoms with E-state index in [1.54, 1.807) is 12.3 Å². The molecule has 4 rings (SSSR count). The van der Waals surface area contributed by atoms with Crippen LogP contribution in [-0.2, 0) is 22.7 Å². The molecular formula is C30H36N6O3. The maximum atomic E-state index is 13.2. The van der Waals surface area contributed by atoms with E-state index < -0.39 is 6.04 Å². The Morgan fingerprint density at radius 3 is 2.82 bits per heavy atom. The number of nitrogens with one attached hydrogen (secondary N) is 2. The molecule has 0 saturated heterocycles. The second-order valence-corrected chi connectivity index (χ2v) is 10.2. The summed E-state index contributed by atoms with van der Waals surface area (Å²) in [6, 6.07) is 16.8. The van der Waals surface area contributed by atoms with E-state index in [2.05, 4.69) is 21.7 Å². The number of ether oxygens (including phenoxy) is 1. The highest BCUT2D eigenvalue weighted by Gasteiger charge is 2.23. The Hall–Kier alpha value is -4.16. The van der Waals surface area contributed by atoms with Crippen molar-refractivity contribution in [3.8, 4) is 23.2 Å². The summed E-state index contributed by atoms with van der Waals surface area (Å²) < 4.78 is 8.05. The van der Waals surface area contributed by atoms with Crippen LogP contribution in [-0.4, -0.2) is 58.5 Å². The summed E-state index contributed by atoms with van der Waals surface area (Å²) >= 11 is 0. The van der Waals surface area contributed by atoms with Crippen molar-refractivity contribution in [1.82, 2.24) is 25.1 Å². The third-order valence-electron chi connectivity index (χ3n) is 6.60. The normalized spacial score (nSPS) is 17.6. The van der Waals surface area contributed by atoms with E-state index in [4.69, 9.17) is 4.74 Å². The molecule has 1 aliphatic rings. The Kier molecular flexibility index (Phi) is 9.70. The SMILES string of the molecule is CC(C)C[C@H]1NC(=O)CN(Cc2ccccc2C#N)CCCOc2cccc(c2)-c2nccn2CCNC1=O. The second kappa shape index (κ2) is 13.6. The number of rotatable bonds is 4. The van der Waals surface area contributed by atoms with Crippen LogP contribution < -0.4 is 15.4 Å². The average molecular weight is 529 g/mol. The van der Waals surface area contributed by atoms with Gasteiger partial charge in [-0.3, -0.25) is 14.5 Å². The summed E-state index contributed by atoms with van der Waals surface area (Å²) in [4.78, 5) is 32.8. The zero-order valence-corrected chi connectivity index (χ0v) is 22.6. The van der Waals surface area contributed by atoms with Gasteiger partial charge in [-0.25, -0.2) is 4.98 Å². The van der Waals surface area contributed by atoms with Crippen molar-refractivity contribution in [3.63, 3.8) is 0 Å². The predicted octanol–water partition coefficient (Wildman–Crippen LogP) is 3.35. The molecule has 1 atom stereocenters. The average Bonchev–Trinajstić information content (AvgIpc) is 3.39. The second-order valence-electron chi connectivity index (χ2n) is 10.2. The molecule has 0 spiro atoms. The molecule has 2 bridgehead atoms. The maximum absolute atomic E-state index is 13.2. The Labute approximate surface area is 229 Å². The minimum atomic E-state index is -0.632. The van der Waals surface area contributed by atoms with Gasteiger partial charge in [-0.2, -0.15) is 5.26 Å². The first-order valence-electron chi connectivity index (χ1n) is 13.4. The van der Waals surface area contributed by atoms with E-state index in [1.807, 2.05) is 72.0 Å². The molecule has 9 nitrogen and oxygen atoms in total. The Balaban J connectivity index is 1.57. The summed E-state index contributed by atoms with van der Waals surface area (Å²) in [5, 5.41) is 15.5. The van der Waals surface area contributed by atoms with Crippen molar-refractivity contribution in [2.45, 2.75) is 45.8 Å². The van der Waals surface area contributed by atoms with Crippen LogP contribution >= 0.6 is 0 Å². The van der Waals surface area contributed by atoms with Crippen LogP contribution in [0.15, 0.2) is 60.9 Å². The van der Waals surface area contributed by atoms with E-state index in [0.717, 1.165) is 22.7 Å². The molecule has 2 heterocycles. The molecule has 9 heteroatoms. The van der Waals surface area contributed by atoms with Gasteiger partial charge in [0.05, 0.1) is 24.8 Å². The number of hydrogen-bond donors (Lipinski definition) is 2. The first kappa shape index (κ1) is 27.9. The van der Waals surface area contributed by atoms with Crippen molar-refractivity contribution in [3.05, 3.63) is 72.1 Å². The molecule has 0 fully saturated rings. The lowest BCUT2D eigenvalue weighted by molar-refractivity contribution is -0.130. The third kappa shape index (κ3) is 7.91. The number of imidazole rings is 1. The van der Waals surface area contributed by atoms with Gasteiger partial charge in [-0.05, 0) is 42.5 Å². The molecule has 3 aromatic rings. The van der Waals surface area contributed by atoms with Crippen LogP contribution in [0.1, 0.15) is 37.8 Å². The lowest BCUT2D eigenvalue weighted by Gasteiger charge is -2.25. The highest BCUT2D eigenvalue weighted by Crippen LogP contribution is 2.23. The highest BCUT2D eigenvalue weighted by molar-refractivity contribution is 5.88. The van der Waals surface area contributed by atoms with Gasteiger partial charge in [0.15, 0.2) is 0 Å². The van der Waals surface area contributed by atoms with Crippen LogP contribution in [0.2, 0.25) is 0 Å². The van der Waals surface area contributed by atoms with Crippen molar-refractivity contribution in [2.24, 2.45) is 5.92 Å². The van der Waals surface area contributed by atoms with Gasteiger partial charge in [0.2, 0.25) is 11.8 Å². The van der Waals surface area contributed by atoms with E-state index >= 15 is 0 Å². The molecule has 2 amide bonds. The highest BCUT2D eigenvalue weighted by atomic mass is 16.5. The fourth-order valence-corrected chi connectivity index (χ4v) is 4.74. The number of nitrogens with zero attached hydrogens (tertiary/aromatic N) is 4. The number of fused-ring (bicyclic) bond motifs is 4. The fourth-order valence-electron chi connectivity index (χ4n) is 4.74. The van der Waals surface area contributed by atoms with Gasteiger partial charge in [0.1, 0.15) is 17.6 Å². The van der Waals surface area contributed by atoms with Crippen LogP contribution in [0.3, 0.4) is 0 Å². The molecule has 0 unspecified atom stereocenters. The predicted molar refractivity (Wildman–Crippen MR) is 149 cm³/mol. The molecule has 0 saturated carbocycles. The van der Waals surface area contributed by atoms with Gasteiger partial charge in [-0.15, -0.1) is 0 Å². The van der Waals surface area contributed by atoms with E-state index in [-0.39, 0.29) is 24.3 Å². The maximum Gasteiger partial charge on any atom is 0.242 e. The zero-order chi connectivity index (χ0) is 27.6. The number of carbonyl (C=O) groups is 2. The van der Waals surface area contributed by atoms with Crippen LogP contribution in [0.25, 0.3) is 11.4 Å². The molecule has 1 aromatic heterocycles. The lowest BCUT2D eigenvalue weighted by Crippen LogP contribution is -2.50. The van der Waals surface area contributed by atoms with Gasteiger partial charge < -0.3 is 19.9 Å². The molecule has 0 aliphatic carbocycles. The minimum Gasteiger partial charge on any atom is -0.494 e. The topological polar surface area (TPSA) is 112 Å². The summed E-state index contributed by atoms with van der Waals surface area (Å²) in [5.41, 5.74) is 2.38. The standard InChI is InChI=1S/C30H36N6O3/c1-22(2)17-27-30(38)33-12-15-36-14-11-32-29(36)23-9-5-10-26(18-23)39-16-6-13-35(21-28(37)34-27)20-25-8-4-3-7-24(25)19-31/h3-5,7-11,14,18,22,27H,6,12-13,15-17,20-21H2,1-2H3,(H,33,38)(H,34,37)/t27-/m1/s1. The van der Waals surface area contributed by atoms with Crippen LogP contribution in [0.4, 0.5) is 0 Å². The minimum absolute atomic E-state index is 0.107. The molecular weight excluding hydrogens is 492 g/mol. The van der Waals surface area contributed by atoms with E-state index in [9.17, 15) is 14.9 Å². The van der Waals surface area contributed by atoms with Crippen molar-refractivity contribution < 1.29 is 14.3 Å². The quantitative estimate of drug-likeness (QED) is 0.537. The van der Waals surface area contributed by atoms with Crippen molar-refractivity contribution in [2.75, 3.05) is 26.2 Å². The third-order valence-corrected chi connectivity index (χ3v) is 6.60. The van der Waals surface area contributed by atoms with E-state index in [0.29, 0.717) is 51.2 Å². The first-order chi connectivity index (χ1) is 18.9. The Morgan fingerprint density at radius 2 is 2.00 bits per heavy atom. The van der Waals surface area contributed by atoms with Crippen molar-refractivity contribution in [1.29, 1.82) is 5.26 Å². The van der Waals surface area contributed by atoms with Gasteiger partial charge in [-0.1, -0.05) is 44.2 Å². The number of amides is 2.